The first-order valence-corrected chi connectivity index (χ1v) is 12.9. The average Bonchev–Trinajstić information content (AvgIpc) is 3.14. The summed E-state index contributed by atoms with van der Waals surface area (Å²) in [6.45, 7) is 2.55. The molecular weight excluding hydrogens is 670 g/mol. The molecule has 210 valence electrons. The van der Waals surface area contributed by atoms with Gasteiger partial charge in [0.05, 0.1) is 37.4 Å². The zero-order valence-corrected chi connectivity index (χ0v) is 26.0. The summed E-state index contributed by atoms with van der Waals surface area (Å²) in [5, 5.41) is 18.6. The molecular formula is C25H26Br2ClN9O3. The van der Waals surface area contributed by atoms with E-state index in [0.717, 1.165) is 10.2 Å². The van der Waals surface area contributed by atoms with E-state index in [4.69, 9.17) is 11.6 Å². The molecule has 0 unspecified atom stereocenters. The number of carbonyl (C=O) groups is 1. The van der Waals surface area contributed by atoms with Crippen LogP contribution in [0.5, 0.6) is 0 Å². The molecule has 3 aromatic heterocycles. The third-order valence-electron chi connectivity index (χ3n) is 5.99. The lowest BCUT2D eigenvalue weighted by Crippen LogP contribution is -3.00. The number of likely N-dealkylation sites (N-methyl/N-ethyl adjacent to an activating group) is 1. The van der Waals surface area contributed by atoms with E-state index >= 15 is 0 Å². The van der Waals surface area contributed by atoms with Crippen molar-refractivity contribution >= 4 is 67.5 Å². The molecule has 40 heavy (non-hydrogen) atoms. The van der Waals surface area contributed by atoms with Gasteiger partial charge in [0.1, 0.15) is 24.5 Å². The minimum Gasteiger partial charge on any atom is -1.00 e. The van der Waals surface area contributed by atoms with Crippen LogP contribution in [0.2, 0.25) is 5.02 Å². The molecule has 0 bridgehead atoms. The average molecular weight is 696 g/mol. The van der Waals surface area contributed by atoms with Gasteiger partial charge in [0.25, 0.3) is 0 Å². The number of quaternary nitrogens is 1. The number of hydrogen-bond acceptors (Lipinski definition) is 8. The Kier molecular flexibility index (Phi) is 9.95. The number of nitrogens with one attached hydrogen (secondary N) is 2. The Morgan fingerprint density at radius 3 is 2.70 bits per heavy atom. The number of aromatic nitrogens is 5. The number of pyridine rings is 1. The lowest BCUT2D eigenvalue weighted by atomic mass is 10.2. The number of anilines is 3. The van der Waals surface area contributed by atoms with Gasteiger partial charge in [-0.15, -0.1) is 0 Å². The van der Waals surface area contributed by atoms with E-state index in [0.29, 0.717) is 56.7 Å². The van der Waals surface area contributed by atoms with Crippen molar-refractivity contribution < 1.29 is 31.2 Å². The molecule has 0 spiro atoms. The normalized spacial score (nSPS) is 11.4. The van der Waals surface area contributed by atoms with Crippen LogP contribution in [0.4, 0.5) is 23.1 Å². The molecule has 0 aliphatic carbocycles. The van der Waals surface area contributed by atoms with Gasteiger partial charge in [0, 0.05) is 35.6 Å². The number of fused-ring (bicyclic) bond motifs is 1. The number of nitro groups is 1. The van der Waals surface area contributed by atoms with Crippen LogP contribution in [-0.4, -0.2) is 60.5 Å². The molecule has 2 N–H and O–H groups in total. The summed E-state index contributed by atoms with van der Waals surface area (Å²) in [5.74, 6) is 0.921. The highest BCUT2D eigenvalue weighted by Gasteiger charge is 2.29. The van der Waals surface area contributed by atoms with Crippen LogP contribution in [0.25, 0.3) is 10.9 Å². The number of halogens is 3. The van der Waals surface area contributed by atoms with Crippen LogP contribution in [0.3, 0.4) is 0 Å². The van der Waals surface area contributed by atoms with Crippen LogP contribution < -0.4 is 27.6 Å². The van der Waals surface area contributed by atoms with Gasteiger partial charge in [-0.3, -0.25) is 4.79 Å². The first kappa shape index (κ1) is 31.1. The standard InChI is InChI=1S/C25H25BrClN9O3.BrH/c1-15-31-25(35(38)39)21(34(15)2)13-36(3,4)9-5-6-23(37)33-22-11-17-20(12-28-22)29-14-30-24(17)32-16-7-8-18(26)19(27)10-16;/h5-8,10-12,14H,9,13H2,1-4H3,(H-,28,29,30,32,33,37);1H/b6-5+;. The van der Waals surface area contributed by atoms with Crippen LogP contribution >= 0.6 is 27.5 Å². The molecule has 0 fully saturated rings. The number of nitrogens with zero attached hydrogens (tertiary/aromatic N) is 7. The molecule has 4 rings (SSSR count). The molecule has 0 aliphatic rings. The molecule has 0 saturated carbocycles. The van der Waals surface area contributed by atoms with Crippen molar-refractivity contribution in [2.75, 3.05) is 31.3 Å². The number of rotatable bonds is 9. The Morgan fingerprint density at radius 2 is 2.00 bits per heavy atom. The van der Waals surface area contributed by atoms with Gasteiger partial charge in [-0.25, -0.2) is 15.0 Å². The molecule has 1 aromatic carbocycles. The summed E-state index contributed by atoms with van der Waals surface area (Å²) in [5.41, 5.74) is 1.86. The fourth-order valence-corrected chi connectivity index (χ4v) is 4.31. The van der Waals surface area contributed by atoms with Crippen molar-refractivity contribution in [1.82, 2.24) is 24.5 Å². The smallest absolute Gasteiger partial charge is 0.391 e. The maximum Gasteiger partial charge on any atom is 0.391 e. The minimum absolute atomic E-state index is 0. The van der Waals surface area contributed by atoms with E-state index in [1.807, 2.05) is 26.2 Å². The quantitative estimate of drug-likeness (QED) is 0.117. The van der Waals surface area contributed by atoms with E-state index < -0.39 is 4.92 Å². The van der Waals surface area contributed by atoms with Crippen LogP contribution in [0.1, 0.15) is 11.5 Å². The van der Waals surface area contributed by atoms with Gasteiger partial charge in [-0.1, -0.05) is 11.6 Å². The van der Waals surface area contributed by atoms with Crippen molar-refractivity contribution in [2.45, 2.75) is 13.5 Å². The second kappa shape index (κ2) is 12.8. The topological polar surface area (TPSA) is 141 Å². The van der Waals surface area contributed by atoms with E-state index in [1.165, 1.54) is 12.4 Å². The van der Waals surface area contributed by atoms with E-state index in [-0.39, 0.29) is 28.7 Å². The Hall–Kier alpha value is -3.46. The van der Waals surface area contributed by atoms with Gasteiger partial charge in [-0.05, 0) is 56.2 Å². The van der Waals surface area contributed by atoms with Gasteiger partial charge in [0.15, 0.2) is 5.69 Å². The van der Waals surface area contributed by atoms with E-state index in [1.54, 1.807) is 42.9 Å². The molecule has 0 radical (unpaired) electrons. The summed E-state index contributed by atoms with van der Waals surface area (Å²) in [7, 11) is 5.60. The summed E-state index contributed by atoms with van der Waals surface area (Å²) in [6, 6.07) is 7.13. The summed E-state index contributed by atoms with van der Waals surface area (Å²) in [6.07, 6.45) is 6.12. The van der Waals surface area contributed by atoms with Crippen LogP contribution in [-0.2, 0) is 18.4 Å². The third kappa shape index (κ3) is 7.38. The van der Waals surface area contributed by atoms with Gasteiger partial charge in [0.2, 0.25) is 11.7 Å². The summed E-state index contributed by atoms with van der Waals surface area (Å²) in [4.78, 5) is 40.5. The fourth-order valence-electron chi connectivity index (χ4n) is 3.88. The van der Waals surface area contributed by atoms with Gasteiger partial charge >= 0.3 is 5.82 Å². The molecule has 15 heteroatoms. The number of benzene rings is 1. The molecule has 4 aromatic rings. The molecule has 12 nitrogen and oxygen atoms in total. The largest absolute Gasteiger partial charge is 1.00 e. The van der Waals surface area contributed by atoms with Crippen molar-refractivity contribution in [2.24, 2.45) is 7.05 Å². The van der Waals surface area contributed by atoms with Gasteiger partial charge < -0.3 is 46.8 Å². The lowest BCUT2D eigenvalue weighted by molar-refractivity contribution is -0.898. The Bertz CT molecular complexity index is 1610. The number of carbonyl (C=O) groups excluding carboxylic acids is 1. The number of amides is 1. The molecule has 3 heterocycles. The zero-order valence-electron chi connectivity index (χ0n) is 22.0. The van der Waals surface area contributed by atoms with Crippen LogP contribution in [0.15, 0.2) is 53.4 Å². The third-order valence-corrected chi connectivity index (χ3v) is 7.22. The SMILES string of the molecule is Cc1nc([N+](=O)[O-])c(C[N+](C)(C)C/C=C/C(=O)Nc2cc3c(Nc4ccc(Br)c(Cl)c4)ncnc3cn2)n1C.[Br-]. The maximum atomic E-state index is 12.6. The van der Waals surface area contributed by atoms with Crippen LogP contribution in [0, 0.1) is 17.0 Å². The van der Waals surface area contributed by atoms with Crippen molar-refractivity contribution in [1.29, 1.82) is 0 Å². The molecule has 0 saturated heterocycles. The molecule has 0 aliphatic heterocycles. The Morgan fingerprint density at radius 1 is 1.25 bits per heavy atom. The Labute approximate surface area is 254 Å². The predicted molar refractivity (Wildman–Crippen MR) is 153 cm³/mol. The second-order valence-corrected chi connectivity index (χ2v) is 10.7. The van der Waals surface area contributed by atoms with Gasteiger partial charge in [-0.2, -0.15) is 0 Å². The summed E-state index contributed by atoms with van der Waals surface area (Å²) < 4.78 is 2.88. The predicted octanol–water partition coefficient (Wildman–Crippen LogP) is 1.91. The van der Waals surface area contributed by atoms with E-state index in [2.05, 4.69) is 46.5 Å². The van der Waals surface area contributed by atoms with Crippen molar-refractivity contribution in [3.05, 3.63) is 80.1 Å². The number of imidazole rings is 1. The second-order valence-electron chi connectivity index (χ2n) is 9.48. The Balaban J connectivity index is 0.00000441. The molecule has 1 amide bonds. The highest BCUT2D eigenvalue weighted by molar-refractivity contribution is 9.10. The summed E-state index contributed by atoms with van der Waals surface area (Å²) >= 11 is 9.58. The fraction of sp³-hybridized carbons (Fsp3) is 0.240. The highest BCUT2D eigenvalue weighted by atomic mass is 79.9. The number of hydrogen-bond donors (Lipinski definition) is 2. The highest BCUT2D eigenvalue weighted by Crippen LogP contribution is 2.29. The molecule has 0 atom stereocenters. The van der Waals surface area contributed by atoms with Crippen molar-refractivity contribution in [3.8, 4) is 0 Å². The zero-order chi connectivity index (χ0) is 28.3. The first-order chi connectivity index (χ1) is 18.4. The number of aryl methyl sites for hydroxylation is 1. The minimum atomic E-state index is -0.470. The monoisotopic (exact) mass is 693 g/mol. The lowest BCUT2D eigenvalue weighted by Gasteiger charge is -2.28. The first-order valence-electron chi connectivity index (χ1n) is 11.7. The van der Waals surface area contributed by atoms with Crippen molar-refractivity contribution in [3.63, 3.8) is 0 Å². The van der Waals surface area contributed by atoms with E-state index in [9.17, 15) is 14.9 Å². The maximum absolute atomic E-state index is 12.6.